The quantitative estimate of drug-likeness (QED) is 0.159. The molecular formula is C34H33N3O5. The lowest BCUT2D eigenvalue weighted by Crippen LogP contribution is -2.25. The number of aromatic nitrogens is 2. The van der Waals surface area contributed by atoms with E-state index < -0.39 is 12.1 Å². The Balaban J connectivity index is 1.76. The number of methoxy groups -OCH3 is 2. The highest BCUT2D eigenvalue weighted by atomic mass is 16.6. The van der Waals surface area contributed by atoms with Gasteiger partial charge in [0.05, 0.1) is 31.3 Å². The van der Waals surface area contributed by atoms with Crippen molar-refractivity contribution >= 4 is 33.9 Å². The van der Waals surface area contributed by atoms with Gasteiger partial charge in [-0.15, -0.1) is 0 Å². The van der Waals surface area contributed by atoms with Crippen molar-refractivity contribution < 1.29 is 19.0 Å². The number of fused-ring (bicyclic) bond motifs is 2. The third-order valence-electron chi connectivity index (χ3n) is 7.26. The first-order valence-electron chi connectivity index (χ1n) is 13.7. The molecule has 0 unspecified atom stereocenters. The second-order valence-corrected chi connectivity index (χ2v) is 10.4. The Morgan fingerprint density at radius 2 is 1.64 bits per heavy atom. The Hall–Kier alpha value is -4.98. The van der Waals surface area contributed by atoms with Gasteiger partial charge in [-0.25, -0.2) is 9.78 Å². The van der Waals surface area contributed by atoms with Crippen molar-refractivity contribution in [3.8, 4) is 22.9 Å². The number of carbonyl (C=O) groups is 1. The van der Waals surface area contributed by atoms with E-state index in [-0.39, 0.29) is 11.5 Å². The van der Waals surface area contributed by atoms with Gasteiger partial charge >= 0.3 is 5.97 Å². The van der Waals surface area contributed by atoms with Crippen LogP contribution < -0.4 is 15.0 Å². The third-order valence-corrected chi connectivity index (χ3v) is 7.26. The summed E-state index contributed by atoms with van der Waals surface area (Å²) in [6.45, 7) is 7.76. The predicted octanol–water partition coefficient (Wildman–Crippen LogP) is 6.48. The Morgan fingerprint density at radius 3 is 2.36 bits per heavy atom. The molecular weight excluding hydrogens is 530 g/mol. The van der Waals surface area contributed by atoms with Crippen molar-refractivity contribution in [2.45, 2.75) is 39.7 Å². The average molecular weight is 564 g/mol. The van der Waals surface area contributed by atoms with E-state index in [4.69, 9.17) is 24.3 Å². The molecule has 0 saturated carbocycles. The molecule has 0 radical (unpaired) electrons. The van der Waals surface area contributed by atoms with E-state index in [2.05, 4.69) is 13.8 Å². The van der Waals surface area contributed by atoms with Crippen molar-refractivity contribution in [2.75, 3.05) is 14.2 Å². The SMILES string of the molecule is COC(=O)[C@@H](C)Oc1ccc2ccccc2c1C=Nn1c(-c2cc(C(C)C)c(OC)cc2C)nc2ccccc2c1=O. The van der Waals surface area contributed by atoms with Gasteiger partial charge in [0.1, 0.15) is 11.5 Å². The van der Waals surface area contributed by atoms with Gasteiger partial charge < -0.3 is 14.2 Å². The lowest BCUT2D eigenvalue weighted by atomic mass is 9.96. The minimum Gasteiger partial charge on any atom is -0.496 e. The number of esters is 1. The maximum absolute atomic E-state index is 13.9. The van der Waals surface area contributed by atoms with Crippen LogP contribution in [0.2, 0.25) is 0 Å². The molecule has 8 nitrogen and oxygen atoms in total. The fraction of sp³-hybridized carbons (Fsp3) is 0.235. The molecule has 4 aromatic carbocycles. The van der Waals surface area contributed by atoms with Crippen LogP contribution in [0.4, 0.5) is 0 Å². The minimum atomic E-state index is -0.847. The summed E-state index contributed by atoms with van der Waals surface area (Å²) in [5, 5.41) is 6.98. The zero-order valence-electron chi connectivity index (χ0n) is 24.5. The minimum absolute atomic E-state index is 0.177. The molecule has 5 rings (SSSR count). The smallest absolute Gasteiger partial charge is 0.346 e. The summed E-state index contributed by atoms with van der Waals surface area (Å²) in [5.41, 5.74) is 3.54. The highest BCUT2D eigenvalue weighted by Gasteiger charge is 2.20. The zero-order valence-corrected chi connectivity index (χ0v) is 24.5. The largest absolute Gasteiger partial charge is 0.496 e. The topological polar surface area (TPSA) is 92.0 Å². The Bertz CT molecular complexity index is 1890. The van der Waals surface area contributed by atoms with Gasteiger partial charge in [-0.3, -0.25) is 4.79 Å². The second-order valence-electron chi connectivity index (χ2n) is 10.4. The van der Waals surface area contributed by atoms with Gasteiger partial charge in [-0.2, -0.15) is 9.78 Å². The van der Waals surface area contributed by atoms with Crippen molar-refractivity contribution in [2.24, 2.45) is 5.10 Å². The van der Waals surface area contributed by atoms with Crippen LogP contribution in [0.15, 0.2) is 82.7 Å². The summed E-state index contributed by atoms with van der Waals surface area (Å²) in [7, 11) is 2.97. The number of carbonyl (C=O) groups excluding carboxylic acids is 1. The summed E-state index contributed by atoms with van der Waals surface area (Å²) >= 11 is 0. The summed E-state index contributed by atoms with van der Waals surface area (Å²) in [6.07, 6.45) is 0.742. The first kappa shape index (κ1) is 28.5. The van der Waals surface area contributed by atoms with Gasteiger partial charge in [0.25, 0.3) is 5.56 Å². The average Bonchev–Trinajstić information content (AvgIpc) is 3.00. The number of benzene rings is 4. The van der Waals surface area contributed by atoms with Crippen LogP contribution >= 0.6 is 0 Å². The maximum Gasteiger partial charge on any atom is 0.346 e. The number of para-hydroxylation sites is 1. The van der Waals surface area contributed by atoms with Crippen molar-refractivity contribution in [3.05, 3.63) is 99.8 Å². The molecule has 0 N–H and O–H groups in total. The Kier molecular flexibility index (Phi) is 8.06. The number of aryl methyl sites for hydroxylation is 1. The summed E-state index contributed by atoms with van der Waals surface area (Å²) in [6, 6.07) is 22.7. The lowest BCUT2D eigenvalue weighted by Gasteiger charge is -2.18. The highest BCUT2D eigenvalue weighted by Crippen LogP contribution is 2.34. The molecule has 1 aromatic heterocycles. The van der Waals surface area contributed by atoms with Crippen LogP contribution in [0.25, 0.3) is 33.1 Å². The van der Waals surface area contributed by atoms with Crippen LogP contribution in [0, 0.1) is 6.92 Å². The molecule has 0 aliphatic rings. The molecule has 1 heterocycles. The van der Waals surface area contributed by atoms with Gasteiger partial charge in [0.15, 0.2) is 11.9 Å². The molecule has 0 aliphatic carbocycles. The Labute approximate surface area is 244 Å². The summed E-state index contributed by atoms with van der Waals surface area (Å²) in [4.78, 5) is 31.0. The molecule has 0 amide bonds. The van der Waals surface area contributed by atoms with Gasteiger partial charge in [0, 0.05) is 11.1 Å². The third kappa shape index (κ3) is 5.35. The van der Waals surface area contributed by atoms with E-state index in [1.54, 1.807) is 38.4 Å². The molecule has 0 spiro atoms. The van der Waals surface area contributed by atoms with E-state index in [0.29, 0.717) is 28.0 Å². The predicted molar refractivity (Wildman–Crippen MR) is 166 cm³/mol. The van der Waals surface area contributed by atoms with Crippen LogP contribution in [-0.2, 0) is 9.53 Å². The first-order chi connectivity index (χ1) is 20.2. The summed E-state index contributed by atoms with van der Waals surface area (Å²) < 4.78 is 17.9. The molecule has 1 atom stereocenters. The molecule has 8 heteroatoms. The van der Waals surface area contributed by atoms with Crippen LogP contribution in [0.1, 0.15) is 43.4 Å². The van der Waals surface area contributed by atoms with Crippen LogP contribution in [0.3, 0.4) is 0 Å². The molecule has 0 bridgehead atoms. The van der Waals surface area contributed by atoms with E-state index in [1.807, 2.05) is 61.5 Å². The molecule has 5 aromatic rings. The van der Waals surface area contributed by atoms with E-state index in [9.17, 15) is 9.59 Å². The first-order valence-corrected chi connectivity index (χ1v) is 13.7. The second kappa shape index (κ2) is 11.9. The molecule has 0 saturated heterocycles. The maximum atomic E-state index is 13.9. The monoisotopic (exact) mass is 563 g/mol. The zero-order chi connectivity index (χ0) is 30.0. The number of rotatable bonds is 8. The number of hydrogen-bond donors (Lipinski definition) is 0. The molecule has 42 heavy (non-hydrogen) atoms. The Morgan fingerprint density at radius 1 is 0.929 bits per heavy atom. The molecule has 0 fully saturated rings. The fourth-order valence-corrected chi connectivity index (χ4v) is 5.00. The van der Waals surface area contributed by atoms with E-state index in [1.165, 1.54) is 11.8 Å². The van der Waals surface area contributed by atoms with Gasteiger partial charge in [0.2, 0.25) is 0 Å². The lowest BCUT2D eigenvalue weighted by molar-refractivity contribution is -0.147. The highest BCUT2D eigenvalue weighted by molar-refractivity contribution is 6.02. The van der Waals surface area contributed by atoms with Crippen molar-refractivity contribution in [1.82, 2.24) is 9.66 Å². The van der Waals surface area contributed by atoms with Gasteiger partial charge in [-0.05, 0) is 72.0 Å². The number of nitrogens with zero attached hydrogens (tertiary/aromatic N) is 3. The standard InChI is InChI=1S/C34H33N3O5/c1-20(2)26-18-27(21(3)17-31(26)40-5)32-36-29-14-10-9-13-25(29)33(38)37(32)35-19-28-24-12-8-7-11-23(24)15-16-30(28)42-22(4)34(39)41-6/h7-20,22H,1-6H3/t22-/m1/s1. The van der Waals surface area contributed by atoms with Crippen molar-refractivity contribution in [3.63, 3.8) is 0 Å². The fourth-order valence-electron chi connectivity index (χ4n) is 5.00. The van der Waals surface area contributed by atoms with E-state index in [0.717, 1.165) is 33.2 Å². The van der Waals surface area contributed by atoms with E-state index >= 15 is 0 Å². The normalized spacial score (nSPS) is 12.3. The van der Waals surface area contributed by atoms with Crippen LogP contribution in [-0.4, -0.2) is 42.2 Å². The van der Waals surface area contributed by atoms with Crippen molar-refractivity contribution in [1.29, 1.82) is 0 Å². The summed E-state index contributed by atoms with van der Waals surface area (Å²) in [5.74, 6) is 1.29. The molecule has 214 valence electrons. The number of ether oxygens (including phenoxy) is 3. The van der Waals surface area contributed by atoms with Gasteiger partial charge in [-0.1, -0.05) is 56.3 Å². The number of hydrogen-bond acceptors (Lipinski definition) is 7. The van der Waals surface area contributed by atoms with Crippen LogP contribution in [0.5, 0.6) is 11.5 Å². The molecule has 0 aliphatic heterocycles.